The predicted octanol–water partition coefficient (Wildman–Crippen LogP) is 6.30. The first-order chi connectivity index (χ1) is 28.1. The summed E-state index contributed by atoms with van der Waals surface area (Å²) in [5.41, 5.74) is 0.742. The number of piperidine rings is 1. The first-order valence-corrected chi connectivity index (χ1v) is 19.8. The highest BCUT2D eigenvalue weighted by atomic mass is 35.5. The Hall–Kier alpha value is -5.96. The van der Waals surface area contributed by atoms with E-state index in [9.17, 15) is 24.0 Å². The summed E-state index contributed by atoms with van der Waals surface area (Å²) in [6, 6.07) is 9.81. The fourth-order valence-corrected chi connectivity index (χ4v) is 8.02. The molecule has 0 bridgehead atoms. The van der Waals surface area contributed by atoms with Gasteiger partial charge in [0.15, 0.2) is 5.82 Å². The lowest BCUT2D eigenvalue weighted by Gasteiger charge is -2.35. The van der Waals surface area contributed by atoms with E-state index in [0.717, 1.165) is 37.0 Å². The number of hydrogen-bond donors (Lipinski definition) is 2. The average Bonchev–Trinajstić information content (AvgIpc) is 3.47. The van der Waals surface area contributed by atoms with Crippen LogP contribution in [0.4, 0.5) is 20.3 Å². The molecule has 2 fully saturated rings. The van der Waals surface area contributed by atoms with Gasteiger partial charge in [0.25, 0.3) is 11.8 Å². The van der Waals surface area contributed by atoms with Gasteiger partial charge in [-0.15, -0.1) is 0 Å². The third kappa shape index (κ3) is 8.08. The monoisotopic (exact) mass is 813 g/mol. The molecule has 0 aliphatic carbocycles. The van der Waals surface area contributed by atoms with Crippen LogP contribution in [0.2, 0.25) is 5.02 Å². The van der Waals surface area contributed by atoms with E-state index in [4.69, 9.17) is 16.3 Å². The number of amides is 5. The number of anilines is 2. The second-order valence-electron chi connectivity index (χ2n) is 14.3. The number of imide groups is 2. The van der Waals surface area contributed by atoms with E-state index in [0.29, 0.717) is 56.0 Å². The van der Waals surface area contributed by atoms with Gasteiger partial charge in [-0.2, -0.15) is 0 Å². The van der Waals surface area contributed by atoms with Gasteiger partial charge in [-0.3, -0.25) is 34.2 Å². The van der Waals surface area contributed by atoms with Gasteiger partial charge in [0.2, 0.25) is 17.7 Å². The molecule has 0 saturated carbocycles. The lowest BCUT2D eigenvalue weighted by atomic mass is 10.0. The standard InChI is InChI=1S/C42H42ClF2N7O6/c1-2-33(54)50-18-20-51(21-19-50)39-26-23-27(43)35(37(45)38(26)47-24-48-39)36-28(44)12-10-14-31(36)58-22-8-6-4-3-5-7-17-46-29-13-9-11-25-34(29)42(57)52(41(25)56)30-15-16-32(53)49-40(30)55/h2,9-14,23-24,30,46H,1,3-8,15-22H2,(H,49,53,55). The molecule has 1 unspecified atom stereocenters. The Morgan fingerprint density at radius 1 is 0.931 bits per heavy atom. The van der Waals surface area contributed by atoms with Crippen LogP contribution in [0, 0.1) is 11.6 Å². The van der Waals surface area contributed by atoms with Crippen molar-refractivity contribution in [3.05, 3.63) is 89.2 Å². The van der Waals surface area contributed by atoms with Crippen molar-refractivity contribution in [2.24, 2.45) is 0 Å². The number of halogens is 3. The molecule has 2 saturated heterocycles. The van der Waals surface area contributed by atoms with Crippen molar-refractivity contribution >= 4 is 63.5 Å². The quantitative estimate of drug-likeness (QED) is 0.0795. The molecule has 4 aromatic rings. The molecule has 1 atom stereocenters. The Morgan fingerprint density at radius 3 is 2.43 bits per heavy atom. The van der Waals surface area contributed by atoms with Crippen molar-refractivity contribution in [3.8, 4) is 16.9 Å². The van der Waals surface area contributed by atoms with Crippen LogP contribution < -0.4 is 20.3 Å². The first-order valence-electron chi connectivity index (χ1n) is 19.4. The fourth-order valence-electron chi connectivity index (χ4n) is 7.73. The number of unbranched alkanes of at least 4 members (excludes halogenated alkanes) is 5. The van der Waals surface area contributed by atoms with E-state index in [1.807, 2.05) is 4.90 Å². The third-order valence-electron chi connectivity index (χ3n) is 10.7. The summed E-state index contributed by atoms with van der Waals surface area (Å²) < 4.78 is 37.8. The van der Waals surface area contributed by atoms with Crippen molar-refractivity contribution in [1.82, 2.24) is 25.1 Å². The maximum absolute atomic E-state index is 16.3. The fraction of sp³-hybridized carbons (Fsp3) is 0.357. The minimum atomic E-state index is -1.02. The van der Waals surface area contributed by atoms with Crippen molar-refractivity contribution in [2.45, 2.75) is 57.4 Å². The van der Waals surface area contributed by atoms with Crippen LogP contribution in [0.25, 0.3) is 22.0 Å². The molecule has 3 aliphatic heterocycles. The van der Waals surface area contributed by atoms with Crippen molar-refractivity contribution in [2.75, 3.05) is 49.5 Å². The lowest BCUT2D eigenvalue weighted by Crippen LogP contribution is -2.54. The van der Waals surface area contributed by atoms with Gasteiger partial charge in [0.1, 0.15) is 35.3 Å². The van der Waals surface area contributed by atoms with Crippen LogP contribution in [0.15, 0.2) is 61.4 Å². The number of carbonyl (C=O) groups excluding carboxylic acids is 5. The molecule has 0 spiro atoms. The Labute approximate surface area is 338 Å². The van der Waals surface area contributed by atoms with Gasteiger partial charge in [-0.1, -0.05) is 56.0 Å². The maximum Gasteiger partial charge on any atom is 0.264 e. The van der Waals surface area contributed by atoms with Gasteiger partial charge >= 0.3 is 0 Å². The van der Waals surface area contributed by atoms with E-state index in [-0.39, 0.29) is 63.9 Å². The molecule has 58 heavy (non-hydrogen) atoms. The normalized spacial score (nSPS) is 16.8. The van der Waals surface area contributed by atoms with Crippen molar-refractivity contribution in [3.63, 3.8) is 0 Å². The SMILES string of the molecule is C=CC(=O)N1CCN(c2ncnc3c(F)c(-c4c(F)cccc4OCCCCCCCCNc4cccc5c4C(=O)N(C4CCC(=O)NC4=O)C5=O)c(Cl)cc23)CC1. The van der Waals surface area contributed by atoms with Crippen LogP contribution >= 0.6 is 11.6 Å². The smallest absolute Gasteiger partial charge is 0.264 e. The highest BCUT2D eigenvalue weighted by molar-refractivity contribution is 6.34. The number of nitrogens with one attached hydrogen (secondary N) is 2. The van der Waals surface area contributed by atoms with Crippen LogP contribution in [0.3, 0.4) is 0 Å². The molecular weight excluding hydrogens is 772 g/mol. The number of rotatable bonds is 15. The molecule has 13 nitrogen and oxygen atoms in total. The summed E-state index contributed by atoms with van der Waals surface area (Å²) >= 11 is 6.69. The highest BCUT2D eigenvalue weighted by Crippen LogP contribution is 2.43. The molecule has 2 N–H and O–H groups in total. The minimum absolute atomic E-state index is 0.00825. The van der Waals surface area contributed by atoms with E-state index < -0.39 is 41.3 Å². The topological polar surface area (TPSA) is 154 Å². The van der Waals surface area contributed by atoms with Crippen LogP contribution in [-0.4, -0.2) is 94.7 Å². The molecule has 5 amide bonds. The van der Waals surface area contributed by atoms with Gasteiger partial charge < -0.3 is 19.9 Å². The van der Waals surface area contributed by atoms with Gasteiger partial charge in [-0.25, -0.2) is 18.7 Å². The number of carbonyl (C=O) groups is 5. The second kappa shape index (κ2) is 17.7. The Morgan fingerprint density at radius 2 is 1.67 bits per heavy atom. The molecule has 16 heteroatoms. The molecule has 7 rings (SSSR count). The minimum Gasteiger partial charge on any atom is -0.493 e. The zero-order chi connectivity index (χ0) is 40.9. The zero-order valence-electron chi connectivity index (χ0n) is 31.7. The Kier molecular flexibility index (Phi) is 12.3. The molecule has 3 aliphatic rings. The maximum atomic E-state index is 16.3. The molecular formula is C42H42ClF2N7O6. The summed E-state index contributed by atoms with van der Waals surface area (Å²) in [6.45, 7) is 6.21. The number of nitrogens with zero attached hydrogens (tertiary/aromatic N) is 5. The summed E-state index contributed by atoms with van der Waals surface area (Å²) in [7, 11) is 0. The summed E-state index contributed by atoms with van der Waals surface area (Å²) in [6.07, 6.45) is 7.78. The first kappa shape index (κ1) is 40.2. The second-order valence-corrected chi connectivity index (χ2v) is 14.7. The van der Waals surface area contributed by atoms with Crippen LogP contribution in [0.5, 0.6) is 5.75 Å². The summed E-state index contributed by atoms with van der Waals surface area (Å²) in [4.78, 5) is 75.6. The van der Waals surface area contributed by atoms with E-state index in [1.165, 1.54) is 24.5 Å². The van der Waals surface area contributed by atoms with Crippen LogP contribution in [0.1, 0.15) is 72.1 Å². The highest BCUT2D eigenvalue weighted by Gasteiger charge is 2.45. The van der Waals surface area contributed by atoms with E-state index >= 15 is 8.78 Å². The Bertz CT molecular complexity index is 2300. The molecule has 4 heterocycles. The van der Waals surface area contributed by atoms with Crippen LogP contribution in [-0.2, 0) is 14.4 Å². The molecule has 0 radical (unpaired) electrons. The lowest BCUT2D eigenvalue weighted by molar-refractivity contribution is -0.136. The number of ether oxygens (including phenoxy) is 1. The Balaban J connectivity index is 0.893. The predicted molar refractivity (Wildman–Crippen MR) is 214 cm³/mol. The van der Waals surface area contributed by atoms with Crippen molar-refractivity contribution < 1.29 is 37.5 Å². The number of aromatic nitrogens is 2. The number of piperazine rings is 1. The molecule has 302 valence electrons. The summed E-state index contributed by atoms with van der Waals surface area (Å²) in [5, 5.41) is 5.83. The zero-order valence-corrected chi connectivity index (χ0v) is 32.5. The largest absolute Gasteiger partial charge is 0.493 e. The van der Waals surface area contributed by atoms with Crippen molar-refractivity contribution in [1.29, 1.82) is 0 Å². The van der Waals surface area contributed by atoms with E-state index in [2.05, 4.69) is 27.2 Å². The number of fused-ring (bicyclic) bond motifs is 2. The molecule has 3 aromatic carbocycles. The third-order valence-corrected chi connectivity index (χ3v) is 11.0. The van der Waals surface area contributed by atoms with Gasteiger partial charge in [-0.05, 0) is 55.7 Å². The molecule has 1 aromatic heterocycles. The number of hydrogen-bond acceptors (Lipinski definition) is 10. The van der Waals surface area contributed by atoms with Gasteiger partial charge in [0, 0.05) is 55.8 Å². The summed E-state index contributed by atoms with van der Waals surface area (Å²) in [5.74, 6) is -3.17. The van der Waals surface area contributed by atoms with E-state index in [1.54, 1.807) is 35.2 Å². The number of benzene rings is 3. The van der Waals surface area contributed by atoms with Gasteiger partial charge in [0.05, 0.1) is 28.3 Å². The average molecular weight is 814 g/mol.